The second-order valence-electron chi connectivity index (χ2n) is 7.96. The van der Waals surface area contributed by atoms with Gasteiger partial charge < -0.3 is 5.32 Å². The second-order valence-corrected chi connectivity index (χ2v) is 8.37. The number of carbonyl (C=O) groups excluding carboxylic acids is 2. The lowest BCUT2D eigenvalue weighted by Crippen LogP contribution is -2.12. The Morgan fingerprint density at radius 1 is 0.788 bits per heavy atom. The minimum absolute atomic E-state index is 0.0623. The number of rotatable bonds is 5. The topological polar surface area (TPSA) is 46.2 Å². The van der Waals surface area contributed by atoms with Crippen molar-refractivity contribution < 1.29 is 9.59 Å². The number of anilines is 1. The van der Waals surface area contributed by atoms with E-state index in [1.807, 2.05) is 48.5 Å². The minimum Gasteiger partial charge on any atom is -0.322 e. The maximum absolute atomic E-state index is 12.8. The van der Waals surface area contributed by atoms with Crippen LogP contribution in [0.1, 0.15) is 37.4 Å². The molecular weight excluding hydrogens is 430 g/mol. The van der Waals surface area contributed by atoms with Crippen molar-refractivity contribution >= 4 is 35.1 Å². The third kappa shape index (κ3) is 4.36. The van der Waals surface area contributed by atoms with Crippen LogP contribution in [0.15, 0.2) is 97.1 Å². The first-order valence-corrected chi connectivity index (χ1v) is 11.1. The monoisotopic (exact) mass is 449 g/mol. The van der Waals surface area contributed by atoms with Gasteiger partial charge in [-0.1, -0.05) is 78.3 Å². The van der Waals surface area contributed by atoms with E-state index in [0.717, 1.165) is 17.5 Å². The average molecular weight is 450 g/mol. The molecular formula is C29H20ClNO2. The summed E-state index contributed by atoms with van der Waals surface area (Å²) in [6, 6.07) is 28.5. The van der Waals surface area contributed by atoms with E-state index < -0.39 is 0 Å². The van der Waals surface area contributed by atoms with Gasteiger partial charge in [-0.2, -0.15) is 0 Å². The number of benzene rings is 4. The average Bonchev–Trinajstić information content (AvgIpc) is 3.21. The van der Waals surface area contributed by atoms with Crippen LogP contribution in [0.4, 0.5) is 5.69 Å². The molecule has 0 spiro atoms. The lowest BCUT2D eigenvalue weighted by molar-refractivity contribution is 0.102. The highest BCUT2D eigenvalue weighted by molar-refractivity contribution is 6.34. The van der Waals surface area contributed by atoms with Crippen molar-refractivity contribution in [3.05, 3.63) is 130 Å². The smallest absolute Gasteiger partial charge is 0.257 e. The number of allylic oxidation sites excluding steroid dienone is 1. The summed E-state index contributed by atoms with van der Waals surface area (Å²) < 4.78 is 0. The maximum atomic E-state index is 12.8. The van der Waals surface area contributed by atoms with Gasteiger partial charge in [0, 0.05) is 11.3 Å². The Bertz CT molecular complexity index is 1420. The number of hydrogen-bond acceptors (Lipinski definition) is 2. The van der Waals surface area contributed by atoms with Gasteiger partial charge in [0.2, 0.25) is 0 Å². The SMILES string of the molecule is O=C(C=Cc1cccc(NC(=O)c2ccccc2Cl)c1)c1ccc2c(c1)-c1ccccc1C2. The first kappa shape index (κ1) is 20.9. The van der Waals surface area contributed by atoms with Gasteiger partial charge in [0.1, 0.15) is 0 Å². The lowest BCUT2D eigenvalue weighted by Gasteiger charge is -2.07. The molecule has 1 aliphatic carbocycles. The van der Waals surface area contributed by atoms with Crippen LogP contribution in [0.2, 0.25) is 5.02 Å². The van der Waals surface area contributed by atoms with Crippen LogP contribution >= 0.6 is 11.6 Å². The number of nitrogens with one attached hydrogen (secondary N) is 1. The van der Waals surface area contributed by atoms with Crippen molar-refractivity contribution in [2.75, 3.05) is 5.32 Å². The van der Waals surface area contributed by atoms with Gasteiger partial charge >= 0.3 is 0 Å². The first-order valence-electron chi connectivity index (χ1n) is 10.7. The van der Waals surface area contributed by atoms with E-state index in [1.54, 1.807) is 42.5 Å². The predicted octanol–water partition coefficient (Wildman–Crippen LogP) is 7.06. The van der Waals surface area contributed by atoms with Crippen LogP contribution in [0.5, 0.6) is 0 Å². The fraction of sp³-hybridized carbons (Fsp3) is 0.0345. The number of carbonyl (C=O) groups is 2. The molecule has 0 fully saturated rings. The first-order chi connectivity index (χ1) is 16.1. The lowest BCUT2D eigenvalue weighted by atomic mass is 10.0. The Morgan fingerprint density at radius 2 is 1.58 bits per heavy atom. The standard InChI is InChI=1S/C29H20ClNO2/c30-27-11-4-3-10-25(27)29(33)31-23-8-5-6-19(16-23)12-15-28(32)22-14-13-21-17-20-7-1-2-9-24(20)26(21)18-22/h1-16,18H,17H2,(H,31,33). The van der Waals surface area contributed by atoms with E-state index in [9.17, 15) is 9.59 Å². The summed E-state index contributed by atoms with van der Waals surface area (Å²) in [7, 11) is 0. The highest BCUT2D eigenvalue weighted by Crippen LogP contribution is 2.36. The molecule has 4 heteroatoms. The van der Waals surface area contributed by atoms with Gasteiger partial charge in [0.15, 0.2) is 5.78 Å². The number of ketones is 1. The maximum Gasteiger partial charge on any atom is 0.257 e. The molecule has 0 saturated carbocycles. The van der Waals surface area contributed by atoms with E-state index in [4.69, 9.17) is 11.6 Å². The Morgan fingerprint density at radius 3 is 2.45 bits per heavy atom. The fourth-order valence-electron chi connectivity index (χ4n) is 4.11. The van der Waals surface area contributed by atoms with Gasteiger partial charge in [-0.05, 0) is 70.6 Å². The van der Waals surface area contributed by atoms with Gasteiger partial charge in [0.05, 0.1) is 10.6 Å². The zero-order valence-electron chi connectivity index (χ0n) is 17.7. The molecule has 33 heavy (non-hydrogen) atoms. The van der Waals surface area contributed by atoms with Crippen molar-refractivity contribution in [2.45, 2.75) is 6.42 Å². The molecule has 4 aromatic rings. The van der Waals surface area contributed by atoms with E-state index in [2.05, 4.69) is 17.4 Å². The molecule has 0 aromatic heterocycles. The Balaban J connectivity index is 1.32. The molecule has 0 radical (unpaired) electrons. The Labute approximate surface area is 197 Å². The summed E-state index contributed by atoms with van der Waals surface area (Å²) in [6.45, 7) is 0. The summed E-state index contributed by atoms with van der Waals surface area (Å²) >= 11 is 6.11. The highest BCUT2D eigenvalue weighted by atomic mass is 35.5. The molecule has 1 amide bonds. The van der Waals surface area contributed by atoms with Crippen LogP contribution in [-0.4, -0.2) is 11.7 Å². The molecule has 0 saturated heterocycles. The number of halogens is 1. The molecule has 1 aliphatic rings. The third-order valence-corrected chi connectivity index (χ3v) is 6.10. The van der Waals surface area contributed by atoms with Gasteiger partial charge in [-0.25, -0.2) is 0 Å². The van der Waals surface area contributed by atoms with Gasteiger partial charge in [-0.15, -0.1) is 0 Å². The summed E-state index contributed by atoms with van der Waals surface area (Å²) in [6.07, 6.45) is 4.23. The highest BCUT2D eigenvalue weighted by Gasteiger charge is 2.19. The predicted molar refractivity (Wildman–Crippen MR) is 134 cm³/mol. The molecule has 0 atom stereocenters. The quantitative estimate of drug-likeness (QED) is 0.230. The molecule has 1 N–H and O–H groups in total. The minimum atomic E-state index is -0.281. The van der Waals surface area contributed by atoms with Crippen molar-refractivity contribution in [1.29, 1.82) is 0 Å². The van der Waals surface area contributed by atoms with Crippen LogP contribution in [0.3, 0.4) is 0 Å². The molecule has 0 bridgehead atoms. The molecule has 0 aliphatic heterocycles. The molecule has 0 unspecified atom stereocenters. The van der Waals surface area contributed by atoms with E-state index >= 15 is 0 Å². The summed E-state index contributed by atoms with van der Waals surface area (Å²) in [5.41, 5.74) is 7.39. The Kier molecular flexibility index (Phi) is 5.64. The molecule has 5 rings (SSSR count). The largest absolute Gasteiger partial charge is 0.322 e. The van der Waals surface area contributed by atoms with Crippen molar-refractivity contribution in [1.82, 2.24) is 0 Å². The van der Waals surface area contributed by atoms with Crippen molar-refractivity contribution in [3.63, 3.8) is 0 Å². The van der Waals surface area contributed by atoms with E-state index in [1.165, 1.54) is 16.7 Å². The Hall–Kier alpha value is -3.95. The molecule has 160 valence electrons. The summed E-state index contributed by atoms with van der Waals surface area (Å²) in [5, 5.41) is 3.25. The zero-order valence-corrected chi connectivity index (χ0v) is 18.5. The van der Waals surface area contributed by atoms with Crippen LogP contribution < -0.4 is 5.32 Å². The van der Waals surface area contributed by atoms with Crippen LogP contribution in [-0.2, 0) is 6.42 Å². The fourth-order valence-corrected chi connectivity index (χ4v) is 4.33. The molecule has 4 aromatic carbocycles. The third-order valence-electron chi connectivity index (χ3n) is 5.77. The van der Waals surface area contributed by atoms with Gasteiger partial charge in [-0.3, -0.25) is 9.59 Å². The summed E-state index contributed by atoms with van der Waals surface area (Å²) in [5.74, 6) is -0.344. The second kappa shape index (κ2) is 8.89. The van der Waals surface area contributed by atoms with E-state index in [-0.39, 0.29) is 11.7 Å². The van der Waals surface area contributed by atoms with Crippen molar-refractivity contribution in [2.24, 2.45) is 0 Å². The van der Waals surface area contributed by atoms with Crippen molar-refractivity contribution in [3.8, 4) is 11.1 Å². The molecule has 0 heterocycles. The van der Waals surface area contributed by atoms with E-state index in [0.29, 0.717) is 21.8 Å². The van der Waals surface area contributed by atoms with Gasteiger partial charge in [0.25, 0.3) is 5.91 Å². The number of amides is 1. The number of hydrogen-bond donors (Lipinski definition) is 1. The normalized spacial score (nSPS) is 11.8. The van der Waals surface area contributed by atoms with Crippen LogP contribution in [0, 0.1) is 0 Å². The number of fused-ring (bicyclic) bond motifs is 3. The molecule has 3 nitrogen and oxygen atoms in total. The van der Waals surface area contributed by atoms with Crippen LogP contribution in [0.25, 0.3) is 17.2 Å². The zero-order chi connectivity index (χ0) is 22.8. The summed E-state index contributed by atoms with van der Waals surface area (Å²) in [4.78, 5) is 25.4.